The molecule has 7 rings (SSSR count). The van der Waals surface area contributed by atoms with Crippen LogP contribution < -0.4 is 14.8 Å². The maximum absolute atomic E-state index is 14.4. The van der Waals surface area contributed by atoms with Crippen LogP contribution in [0, 0.1) is 0 Å². The maximum atomic E-state index is 14.4. The molecular formula is C36H36N6O3S. The van der Waals surface area contributed by atoms with Gasteiger partial charge < -0.3 is 14.4 Å². The van der Waals surface area contributed by atoms with Gasteiger partial charge in [-0.25, -0.2) is 4.68 Å². The van der Waals surface area contributed by atoms with Gasteiger partial charge in [-0.05, 0) is 58.7 Å². The lowest BCUT2D eigenvalue weighted by Gasteiger charge is -2.49. The van der Waals surface area contributed by atoms with Crippen LogP contribution in [0.15, 0.2) is 109 Å². The molecule has 5 aromatic rings. The standard InChI is InChI=1S/C36H36N6O3S/c1-35(2)31(32-38-39-40-41(32)23-24-20-21-28(44-3)29(22-24)45-4)42-33(43)30(34(42)46-35)37-36(25-14-8-5-9-15-25,26-16-10-6-11-17-26)27-18-12-7-13-19-27/h5-22,30-31,34,37H,23H2,1-4H3. The number of aromatic nitrogens is 4. The maximum Gasteiger partial charge on any atom is 0.244 e. The summed E-state index contributed by atoms with van der Waals surface area (Å²) >= 11 is 1.79. The van der Waals surface area contributed by atoms with Gasteiger partial charge in [0.1, 0.15) is 17.5 Å². The summed E-state index contributed by atoms with van der Waals surface area (Å²) in [5.74, 6) is 1.97. The summed E-state index contributed by atoms with van der Waals surface area (Å²) in [6.07, 6.45) is 0. The van der Waals surface area contributed by atoms with E-state index in [2.05, 4.69) is 71.1 Å². The number of tetrazole rings is 1. The Bertz CT molecular complexity index is 1740. The first kappa shape index (κ1) is 30.0. The van der Waals surface area contributed by atoms with E-state index in [-0.39, 0.29) is 22.1 Å². The van der Waals surface area contributed by atoms with E-state index >= 15 is 0 Å². The highest BCUT2D eigenvalue weighted by Gasteiger charge is 2.64. The second kappa shape index (κ2) is 11.9. The van der Waals surface area contributed by atoms with Gasteiger partial charge >= 0.3 is 0 Å². The van der Waals surface area contributed by atoms with E-state index in [0.717, 1.165) is 22.3 Å². The first-order valence-corrected chi connectivity index (χ1v) is 16.2. The van der Waals surface area contributed by atoms with Crippen molar-refractivity contribution < 1.29 is 14.3 Å². The van der Waals surface area contributed by atoms with Crippen LogP contribution in [0.2, 0.25) is 0 Å². The van der Waals surface area contributed by atoms with E-state index in [1.165, 1.54) is 0 Å². The fourth-order valence-electron chi connectivity index (χ4n) is 6.88. The molecule has 2 aliphatic rings. The quantitative estimate of drug-likeness (QED) is 0.161. The molecule has 3 unspecified atom stereocenters. The van der Waals surface area contributed by atoms with Crippen LogP contribution in [0.3, 0.4) is 0 Å². The van der Waals surface area contributed by atoms with E-state index in [1.807, 2.05) is 77.7 Å². The molecule has 9 nitrogen and oxygen atoms in total. The molecule has 2 saturated heterocycles. The number of β-lactam (4-membered cyclic amide) rings is 1. The van der Waals surface area contributed by atoms with Crippen LogP contribution in [0.25, 0.3) is 0 Å². The number of carbonyl (C=O) groups is 1. The Kier molecular flexibility index (Phi) is 7.78. The Labute approximate surface area is 272 Å². The minimum Gasteiger partial charge on any atom is -0.493 e. The molecule has 2 aliphatic heterocycles. The van der Waals surface area contributed by atoms with E-state index in [0.29, 0.717) is 23.9 Å². The highest BCUT2D eigenvalue weighted by Crippen LogP contribution is 2.57. The summed E-state index contributed by atoms with van der Waals surface area (Å²) < 4.78 is 12.4. The highest BCUT2D eigenvalue weighted by molar-refractivity contribution is 8.01. The zero-order valence-corrected chi connectivity index (χ0v) is 27.0. The second-order valence-electron chi connectivity index (χ2n) is 12.1. The summed E-state index contributed by atoms with van der Waals surface area (Å²) in [5.41, 5.74) is 3.40. The van der Waals surface area contributed by atoms with Crippen molar-refractivity contribution in [1.82, 2.24) is 30.4 Å². The number of nitrogens with one attached hydrogen (secondary N) is 1. The largest absolute Gasteiger partial charge is 0.493 e. The van der Waals surface area contributed by atoms with Gasteiger partial charge in [-0.2, -0.15) is 0 Å². The summed E-state index contributed by atoms with van der Waals surface area (Å²) in [6.45, 7) is 4.76. The number of thioether (sulfide) groups is 1. The van der Waals surface area contributed by atoms with E-state index < -0.39 is 11.6 Å². The molecule has 0 aliphatic carbocycles. The number of rotatable bonds is 10. The first-order chi connectivity index (χ1) is 22.4. The fraction of sp³-hybridized carbons (Fsp3) is 0.278. The van der Waals surface area contributed by atoms with Crippen molar-refractivity contribution in [3.8, 4) is 11.5 Å². The SMILES string of the molecule is COc1ccc(Cn2nnnc2C2N3C(=O)C(NC(c4ccccc4)(c4ccccc4)c4ccccc4)C3SC2(C)C)cc1OC. The number of fused-ring (bicyclic) bond motifs is 1. The van der Waals surface area contributed by atoms with Crippen molar-refractivity contribution in [2.45, 2.75) is 48.1 Å². The van der Waals surface area contributed by atoms with Crippen LogP contribution in [0.4, 0.5) is 0 Å². The van der Waals surface area contributed by atoms with Crippen molar-refractivity contribution in [2.24, 2.45) is 0 Å². The lowest BCUT2D eigenvalue weighted by Crippen LogP contribution is -2.70. The van der Waals surface area contributed by atoms with Gasteiger partial charge in [0.2, 0.25) is 5.91 Å². The van der Waals surface area contributed by atoms with Crippen LogP contribution in [0.1, 0.15) is 48.0 Å². The average Bonchev–Trinajstić information content (AvgIpc) is 3.64. The Balaban J connectivity index is 1.24. The van der Waals surface area contributed by atoms with E-state index in [9.17, 15) is 4.79 Å². The normalized spacial score (nSPS) is 20.2. The smallest absolute Gasteiger partial charge is 0.244 e. The Hall–Kier alpha value is -4.67. The predicted molar refractivity (Wildman–Crippen MR) is 178 cm³/mol. The summed E-state index contributed by atoms with van der Waals surface area (Å²) in [7, 11) is 3.23. The van der Waals surface area contributed by atoms with Crippen LogP contribution in [0.5, 0.6) is 11.5 Å². The summed E-state index contributed by atoms with van der Waals surface area (Å²) in [4.78, 5) is 16.3. The lowest BCUT2D eigenvalue weighted by atomic mass is 9.76. The van der Waals surface area contributed by atoms with Crippen molar-refractivity contribution in [2.75, 3.05) is 14.2 Å². The van der Waals surface area contributed by atoms with Gasteiger partial charge in [-0.3, -0.25) is 10.1 Å². The monoisotopic (exact) mass is 632 g/mol. The minimum atomic E-state index is -0.756. The molecular weight excluding hydrogens is 597 g/mol. The zero-order chi connectivity index (χ0) is 31.9. The number of hydrogen-bond donors (Lipinski definition) is 1. The predicted octanol–water partition coefficient (Wildman–Crippen LogP) is 5.42. The topological polar surface area (TPSA) is 94.4 Å². The number of methoxy groups -OCH3 is 2. The highest BCUT2D eigenvalue weighted by atomic mass is 32.2. The van der Waals surface area contributed by atoms with Gasteiger partial charge in [0.25, 0.3) is 0 Å². The number of benzene rings is 4. The number of nitrogens with zero attached hydrogens (tertiary/aromatic N) is 5. The zero-order valence-electron chi connectivity index (χ0n) is 26.2. The third kappa shape index (κ3) is 4.92. The van der Waals surface area contributed by atoms with Crippen LogP contribution >= 0.6 is 11.8 Å². The molecule has 0 saturated carbocycles. The molecule has 234 valence electrons. The average molecular weight is 633 g/mol. The third-order valence-electron chi connectivity index (χ3n) is 9.02. The number of hydrogen-bond acceptors (Lipinski definition) is 8. The molecule has 1 amide bonds. The molecule has 1 aromatic heterocycles. The molecule has 3 atom stereocenters. The number of amides is 1. The van der Waals surface area contributed by atoms with Crippen molar-refractivity contribution in [3.05, 3.63) is 137 Å². The minimum absolute atomic E-state index is 0.0286. The van der Waals surface area contributed by atoms with Crippen molar-refractivity contribution in [1.29, 1.82) is 0 Å². The Morgan fingerprint density at radius 3 is 1.93 bits per heavy atom. The molecule has 0 radical (unpaired) electrons. The molecule has 1 N–H and O–H groups in total. The van der Waals surface area contributed by atoms with Crippen molar-refractivity contribution >= 4 is 17.7 Å². The molecule has 3 heterocycles. The molecule has 0 bridgehead atoms. The third-order valence-corrected chi connectivity index (χ3v) is 10.6. The van der Waals surface area contributed by atoms with Gasteiger partial charge in [0, 0.05) is 4.75 Å². The van der Waals surface area contributed by atoms with E-state index in [4.69, 9.17) is 9.47 Å². The van der Waals surface area contributed by atoms with Crippen LogP contribution in [-0.4, -0.2) is 61.4 Å². The molecule has 10 heteroatoms. The van der Waals surface area contributed by atoms with Gasteiger partial charge in [-0.15, -0.1) is 16.9 Å². The molecule has 46 heavy (non-hydrogen) atoms. The van der Waals surface area contributed by atoms with Crippen molar-refractivity contribution in [3.63, 3.8) is 0 Å². The van der Waals surface area contributed by atoms with Gasteiger partial charge in [0.15, 0.2) is 17.3 Å². The second-order valence-corrected chi connectivity index (χ2v) is 13.9. The first-order valence-electron chi connectivity index (χ1n) is 15.3. The summed E-state index contributed by atoms with van der Waals surface area (Å²) in [6, 6.07) is 36.1. The van der Waals surface area contributed by atoms with Gasteiger partial charge in [-0.1, -0.05) is 97.1 Å². The molecule has 4 aromatic carbocycles. The lowest BCUT2D eigenvalue weighted by molar-refractivity contribution is -0.150. The van der Waals surface area contributed by atoms with E-state index in [1.54, 1.807) is 30.7 Å². The Morgan fingerprint density at radius 1 is 0.826 bits per heavy atom. The number of ether oxygens (including phenoxy) is 2. The summed E-state index contributed by atoms with van der Waals surface area (Å²) in [5, 5.41) is 16.7. The number of carbonyl (C=O) groups excluding carboxylic acids is 1. The van der Waals surface area contributed by atoms with Crippen LogP contribution in [-0.2, 0) is 16.9 Å². The Morgan fingerprint density at radius 2 is 1.39 bits per heavy atom. The fourth-order valence-corrected chi connectivity index (χ4v) is 8.51. The molecule has 0 spiro atoms. The molecule has 2 fully saturated rings. The van der Waals surface area contributed by atoms with Gasteiger partial charge in [0.05, 0.1) is 26.3 Å².